The number of carbonyl (C=O) groups is 1. The van der Waals surface area contributed by atoms with E-state index in [1.54, 1.807) is 0 Å². The van der Waals surface area contributed by atoms with Gasteiger partial charge >= 0.3 is 0 Å². The first-order valence-electron chi connectivity index (χ1n) is 8.39. The predicted octanol–water partition coefficient (Wildman–Crippen LogP) is -1.66. The lowest BCUT2D eigenvalue weighted by Crippen LogP contribution is -2.72. The molecule has 3 heterocycles. The van der Waals surface area contributed by atoms with Gasteiger partial charge in [0.05, 0.1) is 12.1 Å². The van der Waals surface area contributed by atoms with Crippen LogP contribution in [0.1, 0.15) is 32.1 Å². The van der Waals surface area contributed by atoms with Crippen LogP contribution >= 0.6 is 0 Å². The Kier molecular flexibility index (Phi) is 3.65. The fraction of sp³-hybridized carbons (Fsp3) is 0.933. The summed E-state index contributed by atoms with van der Waals surface area (Å²) in [6.45, 7) is 1.94. The fourth-order valence-corrected chi connectivity index (χ4v) is 5.06. The second kappa shape index (κ2) is 5.50. The first kappa shape index (κ1) is 13.9. The van der Waals surface area contributed by atoms with E-state index in [1.807, 2.05) is 0 Å². The van der Waals surface area contributed by atoms with E-state index in [1.165, 1.54) is 19.3 Å². The molecule has 4 fully saturated rings. The fourth-order valence-electron chi connectivity index (χ4n) is 5.06. The molecule has 4 rings (SSSR count). The van der Waals surface area contributed by atoms with Crippen LogP contribution in [-0.4, -0.2) is 43.5 Å². The van der Waals surface area contributed by atoms with E-state index in [2.05, 4.69) is 21.3 Å². The lowest BCUT2D eigenvalue weighted by Gasteiger charge is -2.54. The molecule has 6 heteroatoms. The minimum absolute atomic E-state index is 0.290. The summed E-state index contributed by atoms with van der Waals surface area (Å²) in [5.41, 5.74) is 0. The minimum Gasteiger partial charge on any atom is -0.548 e. The number of aliphatic carboxylic acids is 1. The second-order valence-electron chi connectivity index (χ2n) is 7.24. The zero-order valence-electron chi connectivity index (χ0n) is 12.3. The number of carboxylic acids is 1. The van der Waals surface area contributed by atoms with Crippen molar-refractivity contribution < 1.29 is 9.90 Å². The Morgan fingerprint density at radius 3 is 2.57 bits per heavy atom. The number of carboxylic acid groups (broad SMARTS) is 1. The van der Waals surface area contributed by atoms with Crippen molar-refractivity contribution >= 4 is 5.97 Å². The molecule has 1 saturated carbocycles. The van der Waals surface area contributed by atoms with E-state index in [4.69, 9.17) is 0 Å². The topological polar surface area (TPSA) is 88.2 Å². The van der Waals surface area contributed by atoms with Crippen molar-refractivity contribution in [2.75, 3.05) is 13.2 Å². The van der Waals surface area contributed by atoms with Crippen LogP contribution in [0.4, 0.5) is 0 Å². The highest BCUT2D eigenvalue weighted by Crippen LogP contribution is 2.41. The van der Waals surface area contributed by atoms with Gasteiger partial charge in [0.15, 0.2) is 0 Å². The molecule has 0 amide bonds. The minimum atomic E-state index is -0.941. The van der Waals surface area contributed by atoms with Gasteiger partial charge in [0.1, 0.15) is 0 Å². The third-order valence-electron chi connectivity index (χ3n) is 6.12. The lowest BCUT2D eigenvalue weighted by atomic mass is 9.66. The van der Waals surface area contributed by atoms with E-state index < -0.39 is 12.0 Å². The molecule has 0 aromatic heterocycles. The summed E-state index contributed by atoms with van der Waals surface area (Å²) in [5.74, 6) is 0.996. The van der Waals surface area contributed by atoms with E-state index in [-0.39, 0.29) is 6.04 Å². The number of hydrogen-bond donors (Lipinski definition) is 4. The van der Waals surface area contributed by atoms with Crippen LogP contribution in [0.15, 0.2) is 0 Å². The van der Waals surface area contributed by atoms with Gasteiger partial charge in [-0.2, -0.15) is 0 Å². The molecule has 0 spiro atoms. The number of rotatable bonds is 1. The van der Waals surface area contributed by atoms with E-state index in [0.717, 1.165) is 26.1 Å². The maximum absolute atomic E-state index is 11.2. The average molecular weight is 293 g/mol. The normalized spacial score (nSPS) is 49.6. The van der Waals surface area contributed by atoms with Gasteiger partial charge in [0.2, 0.25) is 0 Å². The largest absolute Gasteiger partial charge is 0.548 e. The lowest BCUT2D eigenvalue weighted by molar-refractivity contribution is -0.309. The Bertz CT molecular complexity index is 418. The van der Waals surface area contributed by atoms with Crippen LogP contribution in [0.3, 0.4) is 0 Å². The Hall–Kier alpha value is -0.690. The SMILES string of the molecule is O=C([O-])C1CCC2CCC3CC4CNCNC4NC3C2N1. The van der Waals surface area contributed by atoms with Crippen LogP contribution < -0.4 is 26.4 Å². The van der Waals surface area contributed by atoms with Gasteiger partial charge in [-0.15, -0.1) is 0 Å². The zero-order chi connectivity index (χ0) is 14.4. The Morgan fingerprint density at radius 1 is 0.952 bits per heavy atom. The summed E-state index contributed by atoms with van der Waals surface area (Å²) in [5, 5.41) is 25.3. The molecule has 6 nitrogen and oxygen atoms in total. The molecule has 0 aromatic rings. The first-order valence-corrected chi connectivity index (χ1v) is 8.39. The van der Waals surface area contributed by atoms with Gasteiger partial charge in [-0.1, -0.05) is 0 Å². The van der Waals surface area contributed by atoms with Crippen LogP contribution in [-0.2, 0) is 4.79 Å². The molecule has 0 radical (unpaired) electrons. The van der Waals surface area contributed by atoms with Gasteiger partial charge < -0.3 is 20.5 Å². The standard InChI is InChI=1S/C15H26N4O2/c20-15(21)11-4-3-8-1-2-9-5-10-6-16-7-17-14(10)19-13(9)12(8)18-11/h8-14,16-19H,1-7H2,(H,20,21)/p-1. The maximum atomic E-state index is 11.2. The molecule has 0 bridgehead atoms. The van der Waals surface area contributed by atoms with Crippen molar-refractivity contribution in [2.24, 2.45) is 17.8 Å². The number of piperidine rings is 2. The summed E-state index contributed by atoms with van der Waals surface area (Å²) >= 11 is 0. The summed E-state index contributed by atoms with van der Waals surface area (Å²) in [6, 6.07) is 0.223. The summed E-state index contributed by atoms with van der Waals surface area (Å²) in [7, 11) is 0. The van der Waals surface area contributed by atoms with E-state index in [0.29, 0.717) is 30.0 Å². The van der Waals surface area contributed by atoms with Crippen molar-refractivity contribution in [3.63, 3.8) is 0 Å². The van der Waals surface area contributed by atoms with Crippen molar-refractivity contribution in [2.45, 2.75) is 56.4 Å². The van der Waals surface area contributed by atoms with Crippen LogP contribution in [0.25, 0.3) is 0 Å². The third kappa shape index (κ3) is 2.48. The maximum Gasteiger partial charge on any atom is 0.0625 e. The zero-order valence-corrected chi connectivity index (χ0v) is 12.3. The number of hydrogen-bond acceptors (Lipinski definition) is 6. The third-order valence-corrected chi connectivity index (χ3v) is 6.12. The van der Waals surface area contributed by atoms with Crippen molar-refractivity contribution in [3.8, 4) is 0 Å². The molecule has 0 aromatic carbocycles. The number of nitrogens with one attached hydrogen (secondary N) is 4. The summed E-state index contributed by atoms with van der Waals surface area (Å²) in [6.07, 6.45) is 5.86. The van der Waals surface area contributed by atoms with E-state index in [9.17, 15) is 9.90 Å². The van der Waals surface area contributed by atoms with Crippen LogP contribution in [0.5, 0.6) is 0 Å². The quantitative estimate of drug-likeness (QED) is 0.463. The molecule has 3 saturated heterocycles. The summed E-state index contributed by atoms with van der Waals surface area (Å²) in [4.78, 5) is 11.2. The second-order valence-corrected chi connectivity index (χ2v) is 7.24. The number of fused-ring (bicyclic) bond motifs is 4. The average Bonchev–Trinajstić information content (AvgIpc) is 2.52. The van der Waals surface area contributed by atoms with Crippen molar-refractivity contribution in [1.82, 2.24) is 21.3 Å². The van der Waals surface area contributed by atoms with Gasteiger partial charge in [0, 0.05) is 37.3 Å². The molecule has 3 aliphatic heterocycles. The van der Waals surface area contributed by atoms with E-state index >= 15 is 0 Å². The smallest absolute Gasteiger partial charge is 0.0625 e. The monoisotopic (exact) mass is 293 g/mol. The van der Waals surface area contributed by atoms with Crippen LogP contribution in [0, 0.1) is 17.8 Å². The van der Waals surface area contributed by atoms with Crippen molar-refractivity contribution in [3.05, 3.63) is 0 Å². The van der Waals surface area contributed by atoms with Gasteiger partial charge in [-0.3, -0.25) is 10.6 Å². The van der Waals surface area contributed by atoms with Crippen molar-refractivity contribution in [1.29, 1.82) is 0 Å². The molecule has 7 atom stereocenters. The van der Waals surface area contributed by atoms with Crippen LogP contribution in [0.2, 0.25) is 0 Å². The van der Waals surface area contributed by atoms with Gasteiger partial charge in [0.25, 0.3) is 0 Å². The predicted molar refractivity (Wildman–Crippen MR) is 76.0 cm³/mol. The highest BCUT2D eigenvalue weighted by atomic mass is 16.4. The van der Waals surface area contributed by atoms with Gasteiger partial charge in [-0.05, 0) is 43.9 Å². The Labute approximate surface area is 125 Å². The Morgan fingerprint density at radius 2 is 1.71 bits per heavy atom. The molecular formula is C15H25N4O2-. The molecule has 4 N–H and O–H groups in total. The molecule has 4 aliphatic rings. The molecule has 7 unspecified atom stereocenters. The Balaban J connectivity index is 1.50. The number of carbonyl (C=O) groups excluding carboxylic acids is 1. The summed E-state index contributed by atoms with van der Waals surface area (Å²) < 4.78 is 0. The molecular weight excluding hydrogens is 268 g/mol. The van der Waals surface area contributed by atoms with Gasteiger partial charge in [-0.25, -0.2) is 0 Å². The molecule has 118 valence electrons. The highest BCUT2D eigenvalue weighted by Gasteiger charge is 2.47. The molecule has 1 aliphatic carbocycles. The molecule has 21 heavy (non-hydrogen) atoms. The first-order chi connectivity index (χ1) is 10.2. The highest BCUT2D eigenvalue weighted by molar-refractivity contribution is 5.71.